The highest BCUT2D eigenvalue weighted by molar-refractivity contribution is 5.67. The summed E-state index contributed by atoms with van der Waals surface area (Å²) < 4.78 is 9.76. The molecule has 7 heteroatoms. The zero-order valence-corrected chi connectivity index (χ0v) is 11.2. The highest BCUT2D eigenvalue weighted by Crippen LogP contribution is 2.16. The van der Waals surface area contributed by atoms with Gasteiger partial charge >= 0.3 is 12.0 Å². The molecule has 21 heavy (non-hydrogen) atoms. The van der Waals surface area contributed by atoms with Crippen LogP contribution in [0.2, 0.25) is 0 Å². The summed E-state index contributed by atoms with van der Waals surface area (Å²) in [4.78, 5) is 21.2. The van der Waals surface area contributed by atoms with Crippen molar-refractivity contribution in [3.05, 3.63) is 63.9 Å². The quantitative estimate of drug-likeness (QED) is 0.652. The first kappa shape index (κ1) is 14.6. The van der Waals surface area contributed by atoms with Gasteiger partial charge in [-0.3, -0.25) is 10.1 Å². The Morgan fingerprint density at radius 2 is 2.00 bits per heavy atom. The number of nitrogens with zero attached hydrogens (tertiary/aromatic N) is 1. The average Bonchev–Trinajstić information content (AvgIpc) is 2.95. The Labute approximate surface area is 120 Å². The van der Waals surface area contributed by atoms with Crippen LogP contribution in [-0.4, -0.2) is 17.6 Å². The van der Waals surface area contributed by atoms with Gasteiger partial charge in [-0.15, -0.1) is 0 Å². The number of ether oxygens (including phenoxy) is 1. The maximum atomic E-state index is 11.4. The summed E-state index contributed by atoms with van der Waals surface area (Å²) in [5.74, 6) is -0.155. The molecule has 0 bridgehead atoms. The van der Waals surface area contributed by atoms with Gasteiger partial charge in [0.25, 0.3) is 0 Å². The Morgan fingerprint density at radius 3 is 2.67 bits per heavy atom. The summed E-state index contributed by atoms with van der Waals surface area (Å²) in [6, 6.07) is 12.3. The number of alkyl carbamates (subject to hydrolysis) is 1. The highest BCUT2D eigenvalue weighted by atomic mass is 16.7. The second-order valence-electron chi connectivity index (χ2n) is 4.24. The summed E-state index contributed by atoms with van der Waals surface area (Å²) in [6.45, 7) is 0.298. The molecule has 0 atom stereocenters. The van der Waals surface area contributed by atoms with Crippen molar-refractivity contribution in [1.29, 1.82) is 0 Å². The molecule has 1 aromatic carbocycles. The van der Waals surface area contributed by atoms with Crippen LogP contribution in [0.5, 0.6) is 0 Å². The molecule has 0 aliphatic heterocycles. The van der Waals surface area contributed by atoms with Gasteiger partial charge in [0.05, 0.1) is 6.07 Å². The van der Waals surface area contributed by atoms with Crippen LogP contribution < -0.4 is 5.32 Å². The molecule has 1 amide bonds. The van der Waals surface area contributed by atoms with E-state index >= 15 is 0 Å². The molecular weight excluding hydrogens is 276 g/mol. The van der Waals surface area contributed by atoms with Crippen molar-refractivity contribution in [2.75, 3.05) is 6.54 Å². The van der Waals surface area contributed by atoms with Crippen molar-refractivity contribution in [2.24, 2.45) is 0 Å². The van der Waals surface area contributed by atoms with Gasteiger partial charge in [-0.2, -0.15) is 0 Å². The minimum Gasteiger partial charge on any atom is -0.441 e. The molecule has 0 aliphatic carbocycles. The predicted octanol–water partition coefficient (Wildman–Crippen LogP) is 2.66. The Balaban J connectivity index is 1.68. The monoisotopic (exact) mass is 290 g/mol. The number of rotatable bonds is 6. The standard InChI is InChI=1S/C14H14N2O5/c17-14(15-9-8-11-4-2-1-3-5-11)20-10-12-6-7-13(21-12)16(18)19/h1-7H,8-10H2,(H,15,17). The predicted molar refractivity (Wildman–Crippen MR) is 73.7 cm³/mol. The molecule has 7 nitrogen and oxygen atoms in total. The molecule has 0 unspecified atom stereocenters. The lowest BCUT2D eigenvalue weighted by Gasteiger charge is -2.05. The fourth-order valence-corrected chi connectivity index (χ4v) is 1.68. The van der Waals surface area contributed by atoms with E-state index in [0.29, 0.717) is 13.0 Å². The van der Waals surface area contributed by atoms with Gasteiger partial charge in [-0.25, -0.2) is 4.79 Å². The Bertz CT molecular complexity index is 609. The minimum absolute atomic E-state index is 0.148. The lowest BCUT2D eigenvalue weighted by Crippen LogP contribution is -2.26. The van der Waals surface area contributed by atoms with Crippen LogP contribution in [0.1, 0.15) is 11.3 Å². The number of carbonyl (C=O) groups is 1. The first-order valence-electron chi connectivity index (χ1n) is 6.33. The minimum atomic E-state index is -0.649. The smallest absolute Gasteiger partial charge is 0.433 e. The van der Waals surface area contributed by atoms with Crippen molar-refractivity contribution in [3.63, 3.8) is 0 Å². The summed E-state index contributed by atoms with van der Waals surface area (Å²) in [5.41, 5.74) is 1.11. The third kappa shape index (κ3) is 4.64. The third-order valence-electron chi connectivity index (χ3n) is 2.70. The second kappa shape index (κ2) is 7.09. The first-order valence-corrected chi connectivity index (χ1v) is 6.33. The SMILES string of the molecule is O=C(NCCc1ccccc1)OCc1ccc([N+](=O)[O-])o1. The maximum absolute atomic E-state index is 11.4. The number of hydrogen-bond acceptors (Lipinski definition) is 5. The fraction of sp³-hybridized carbons (Fsp3) is 0.214. The third-order valence-corrected chi connectivity index (χ3v) is 2.70. The second-order valence-corrected chi connectivity index (χ2v) is 4.24. The molecule has 0 spiro atoms. The normalized spacial score (nSPS) is 10.1. The highest BCUT2D eigenvalue weighted by Gasteiger charge is 2.12. The maximum Gasteiger partial charge on any atom is 0.433 e. The molecule has 1 heterocycles. The number of nitro groups is 1. The van der Waals surface area contributed by atoms with Gasteiger partial charge < -0.3 is 14.5 Å². The summed E-state index contributed by atoms with van der Waals surface area (Å²) in [5, 5.41) is 13.0. The van der Waals surface area contributed by atoms with Gasteiger partial charge in [0, 0.05) is 6.54 Å². The zero-order chi connectivity index (χ0) is 15.1. The van der Waals surface area contributed by atoms with E-state index in [4.69, 9.17) is 9.15 Å². The lowest BCUT2D eigenvalue weighted by molar-refractivity contribution is -0.402. The van der Waals surface area contributed by atoms with Gasteiger partial charge in [0.15, 0.2) is 6.61 Å². The van der Waals surface area contributed by atoms with Gasteiger partial charge in [0.2, 0.25) is 0 Å². The Kier molecular flexibility index (Phi) is 4.92. The molecule has 2 aromatic rings. The van der Waals surface area contributed by atoms with Crippen LogP contribution in [0, 0.1) is 10.1 Å². The van der Waals surface area contributed by atoms with Crippen molar-refractivity contribution >= 4 is 12.0 Å². The number of benzene rings is 1. The van der Waals surface area contributed by atoms with Gasteiger partial charge in [0.1, 0.15) is 10.7 Å². The van der Waals surface area contributed by atoms with Crippen LogP contribution in [0.3, 0.4) is 0 Å². The van der Waals surface area contributed by atoms with Crippen molar-refractivity contribution < 1.29 is 18.9 Å². The number of amides is 1. The van der Waals surface area contributed by atoms with Crippen LogP contribution in [0.15, 0.2) is 46.9 Å². The van der Waals surface area contributed by atoms with E-state index in [2.05, 4.69) is 5.32 Å². The number of nitrogens with one attached hydrogen (secondary N) is 1. The summed E-state index contributed by atoms with van der Waals surface area (Å²) in [6.07, 6.45) is 0.104. The zero-order valence-electron chi connectivity index (χ0n) is 11.2. The largest absolute Gasteiger partial charge is 0.441 e. The van der Waals surface area contributed by atoms with E-state index < -0.39 is 11.0 Å². The van der Waals surface area contributed by atoms with Gasteiger partial charge in [-0.1, -0.05) is 30.3 Å². The molecule has 0 fully saturated rings. The van der Waals surface area contributed by atoms with Crippen LogP contribution in [0.4, 0.5) is 10.7 Å². The van der Waals surface area contributed by atoms with Crippen molar-refractivity contribution in [2.45, 2.75) is 13.0 Å². The van der Waals surface area contributed by atoms with Crippen molar-refractivity contribution in [1.82, 2.24) is 5.32 Å². The number of furan rings is 1. The van der Waals surface area contributed by atoms with Crippen LogP contribution in [0.25, 0.3) is 0 Å². The first-order chi connectivity index (χ1) is 10.1. The average molecular weight is 290 g/mol. The Hall–Kier alpha value is -2.83. The van der Waals surface area contributed by atoms with E-state index in [1.54, 1.807) is 0 Å². The fourth-order valence-electron chi connectivity index (χ4n) is 1.68. The van der Waals surface area contributed by atoms with Gasteiger partial charge in [-0.05, 0) is 18.1 Å². The molecule has 0 saturated heterocycles. The number of hydrogen-bond donors (Lipinski definition) is 1. The molecule has 1 N–H and O–H groups in total. The van der Waals surface area contributed by atoms with E-state index in [1.807, 2.05) is 30.3 Å². The molecule has 1 aromatic heterocycles. The molecule has 0 saturated carbocycles. The molecule has 2 rings (SSSR count). The van der Waals surface area contributed by atoms with Crippen molar-refractivity contribution in [3.8, 4) is 0 Å². The molecular formula is C14H14N2O5. The van der Waals surface area contributed by atoms with E-state index in [9.17, 15) is 14.9 Å². The summed E-state index contributed by atoms with van der Waals surface area (Å²) >= 11 is 0. The summed E-state index contributed by atoms with van der Waals surface area (Å²) in [7, 11) is 0. The lowest BCUT2D eigenvalue weighted by atomic mass is 10.1. The molecule has 0 radical (unpaired) electrons. The topological polar surface area (TPSA) is 94.6 Å². The van der Waals surface area contributed by atoms with E-state index in [1.165, 1.54) is 12.1 Å². The van der Waals surface area contributed by atoms with Crippen LogP contribution in [-0.2, 0) is 17.8 Å². The van der Waals surface area contributed by atoms with E-state index in [0.717, 1.165) is 5.56 Å². The van der Waals surface area contributed by atoms with Crippen LogP contribution >= 0.6 is 0 Å². The molecule has 110 valence electrons. The molecule has 0 aliphatic rings. The Morgan fingerprint density at radius 1 is 1.24 bits per heavy atom. The van der Waals surface area contributed by atoms with E-state index in [-0.39, 0.29) is 18.3 Å². The number of carbonyl (C=O) groups excluding carboxylic acids is 1.